The van der Waals surface area contributed by atoms with E-state index in [-0.39, 0.29) is 17.7 Å². The maximum Gasteiger partial charge on any atom is 0.332 e. The van der Waals surface area contributed by atoms with Crippen molar-refractivity contribution in [1.82, 2.24) is 19.2 Å². The first kappa shape index (κ1) is 22.1. The van der Waals surface area contributed by atoms with Gasteiger partial charge < -0.3 is 4.90 Å². The number of hydrogen-bond donors (Lipinski definition) is 0. The summed E-state index contributed by atoms with van der Waals surface area (Å²) in [6.45, 7) is 4.45. The quantitative estimate of drug-likeness (QED) is 0.656. The Bertz CT molecular complexity index is 1130. The second kappa shape index (κ2) is 9.27. The minimum absolute atomic E-state index is 0.00738. The molecule has 2 aliphatic heterocycles. The van der Waals surface area contributed by atoms with Crippen molar-refractivity contribution < 1.29 is 4.79 Å². The van der Waals surface area contributed by atoms with Gasteiger partial charge in [-0.1, -0.05) is 44.7 Å². The van der Waals surface area contributed by atoms with Gasteiger partial charge in [0.25, 0.3) is 5.91 Å². The van der Waals surface area contributed by atoms with Gasteiger partial charge in [0.05, 0.1) is 0 Å². The van der Waals surface area contributed by atoms with Crippen molar-refractivity contribution in [3.8, 4) is 0 Å². The predicted octanol–water partition coefficient (Wildman–Crippen LogP) is 3.20. The van der Waals surface area contributed by atoms with Crippen LogP contribution in [0.15, 0.2) is 33.9 Å². The molecule has 2 aromatic rings. The SMILES string of the molecule is CCCc1ccc(C(=O)N2CC[C@@H]3Cn4c(nn(CC5CCCCC5)c(=O)c4=O)[C@@H]3C2)cc1. The number of fused-ring (bicyclic) bond motifs is 3. The molecule has 0 spiro atoms. The molecule has 7 heteroatoms. The summed E-state index contributed by atoms with van der Waals surface area (Å²) in [6, 6.07) is 7.93. The molecule has 33 heavy (non-hydrogen) atoms. The average Bonchev–Trinajstić information content (AvgIpc) is 3.21. The van der Waals surface area contributed by atoms with E-state index in [0.29, 0.717) is 43.5 Å². The molecule has 2 fully saturated rings. The van der Waals surface area contributed by atoms with Crippen molar-refractivity contribution in [3.05, 3.63) is 61.9 Å². The molecule has 0 bridgehead atoms. The molecule has 0 N–H and O–H groups in total. The number of piperidine rings is 1. The van der Waals surface area contributed by atoms with Crippen LogP contribution in [-0.4, -0.2) is 38.2 Å². The minimum atomic E-state index is -0.497. The highest BCUT2D eigenvalue weighted by Crippen LogP contribution is 2.37. The number of rotatable bonds is 5. The summed E-state index contributed by atoms with van der Waals surface area (Å²) < 4.78 is 3.02. The minimum Gasteiger partial charge on any atom is -0.338 e. The standard InChI is InChI=1S/C26H34N4O3/c1-2-6-18-9-11-20(12-10-18)24(31)28-14-13-21-16-29-23(22(21)17-28)27-30(26(33)25(29)32)15-19-7-4-3-5-8-19/h9-12,19,21-22H,2-8,13-17H2,1H3/t21-,22-/m1/s1. The van der Waals surface area contributed by atoms with Gasteiger partial charge in [0.15, 0.2) is 0 Å². The number of nitrogens with zero attached hydrogens (tertiary/aromatic N) is 4. The lowest BCUT2D eigenvalue weighted by molar-refractivity contribution is 0.0667. The van der Waals surface area contributed by atoms with E-state index in [0.717, 1.165) is 32.1 Å². The van der Waals surface area contributed by atoms with Crippen LogP contribution >= 0.6 is 0 Å². The van der Waals surface area contributed by atoms with Gasteiger partial charge in [0.1, 0.15) is 5.82 Å². The lowest BCUT2D eigenvalue weighted by Gasteiger charge is -2.34. The summed E-state index contributed by atoms with van der Waals surface area (Å²) in [5, 5.41) is 4.72. The zero-order valence-electron chi connectivity index (χ0n) is 19.5. The van der Waals surface area contributed by atoms with Gasteiger partial charge in [-0.05, 0) is 55.2 Å². The van der Waals surface area contributed by atoms with Crippen LogP contribution in [-0.2, 0) is 19.5 Å². The van der Waals surface area contributed by atoms with E-state index < -0.39 is 11.1 Å². The Hall–Kier alpha value is -2.70. The lowest BCUT2D eigenvalue weighted by atomic mass is 9.87. The summed E-state index contributed by atoms with van der Waals surface area (Å²) in [4.78, 5) is 40.7. The summed E-state index contributed by atoms with van der Waals surface area (Å²) in [7, 11) is 0. The van der Waals surface area contributed by atoms with Crippen LogP contribution < -0.4 is 11.1 Å². The van der Waals surface area contributed by atoms with Gasteiger partial charge >= 0.3 is 11.1 Å². The normalized spacial score (nSPS) is 22.8. The molecule has 0 unspecified atom stereocenters. The highest BCUT2D eigenvalue weighted by atomic mass is 16.2. The average molecular weight is 451 g/mol. The Morgan fingerprint density at radius 1 is 1.00 bits per heavy atom. The fourth-order valence-electron chi connectivity index (χ4n) is 5.96. The van der Waals surface area contributed by atoms with Crippen LogP contribution in [0.3, 0.4) is 0 Å². The van der Waals surface area contributed by atoms with E-state index in [1.807, 2.05) is 29.2 Å². The topological polar surface area (TPSA) is 77.2 Å². The van der Waals surface area contributed by atoms with Crippen molar-refractivity contribution in [2.24, 2.45) is 11.8 Å². The second-order valence-electron chi connectivity index (χ2n) is 10.1. The molecular formula is C26H34N4O3. The Morgan fingerprint density at radius 2 is 1.76 bits per heavy atom. The third kappa shape index (κ3) is 4.30. The van der Waals surface area contributed by atoms with Gasteiger partial charge in [-0.3, -0.25) is 19.0 Å². The number of amides is 1. The Balaban J connectivity index is 1.37. The summed E-state index contributed by atoms with van der Waals surface area (Å²) in [5.41, 5.74) is 1.01. The van der Waals surface area contributed by atoms with Crippen molar-refractivity contribution in [2.75, 3.05) is 13.1 Å². The molecule has 2 atom stereocenters. The van der Waals surface area contributed by atoms with Crippen molar-refractivity contribution in [2.45, 2.75) is 77.3 Å². The third-order valence-electron chi connectivity index (χ3n) is 7.85. The Morgan fingerprint density at radius 3 is 2.48 bits per heavy atom. The van der Waals surface area contributed by atoms with Crippen molar-refractivity contribution in [1.29, 1.82) is 0 Å². The first-order valence-electron chi connectivity index (χ1n) is 12.6. The monoisotopic (exact) mass is 450 g/mol. The molecule has 1 saturated heterocycles. The van der Waals surface area contributed by atoms with Crippen LogP contribution in [0.4, 0.5) is 0 Å². The molecule has 7 nitrogen and oxygen atoms in total. The molecule has 1 saturated carbocycles. The Labute approximate surface area is 194 Å². The van der Waals surface area contributed by atoms with E-state index in [4.69, 9.17) is 5.10 Å². The molecule has 1 aromatic carbocycles. The first-order chi connectivity index (χ1) is 16.0. The van der Waals surface area contributed by atoms with E-state index in [1.165, 1.54) is 29.5 Å². The Kier molecular flexibility index (Phi) is 6.21. The highest BCUT2D eigenvalue weighted by molar-refractivity contribution is 5.94. The fraction of sp³-hybridized carbons (Fsp3) is 0.615. The summed E-state index contributed by atoms with van der Waals surface area (Å²) >= 11 is 0. The lowest BCUT2D eigenvalue weighted by Crippen LogP contribution is -2.45. The number of benzene rings is 1. The maximum absolute atomic E-state index is 13.2. The second-order valence-corrected chi connectivity index (χ2v) is 10.1. The molecule has 1 aliphatic carbocycles. The number of aryl methyl sites for hydroxylation is 1. The zero-order valence-corrected chi connectivity index (χ0v) is 19.5. The molecule has 176 valence electrons. The van der Waals surface area contributed by atoms with Gasteiger partial charge in [0.2, 0.25) is 0 Å². The van der Waals surface area contributed by atoms with E-state index in [9.17, 15) is 14.4 Å². The molecule has 3 heterocycles. The molecule has 5 rings (SSSR count). The molecule has 1 aromatic heterocycles. The number of aromatic nitrogens is 3. The van der Waals surface area contributed by atoms with Crippen molar-refractivity contribution in [3.63, 3.8) is 0 Å². The first-order valence-corrected chi connectivity index (χ1v) is 12.6. The van der Waals surface area contributed by atoms with Crippen LogP contribution in [0, 0.1) is 11.8 Å². The van der Waals surface area contributed by atoms with Gasteiger partial charge in [-0.15, -0.1) is 0 Å². The van der Waals surface area contributed by atoms with Crippen LogP contribution in [0.5, 0.6) is 0 Å². The van der Waals surface area contributed by atoms with Crippen LogP contribution in [0.25, 0.3) is 0 Å². The number of likely N-dealkylation sites (tertiary alicyclic amines) is 1. The molecular weight excluding hydrogens is 416 g/mol. The smallest absolute Gasteiger partial charge is 0.332 e. The predicted molar refractivity (Wildman–Crippen MR) is 127 cm³/mol. The third-order valence-corrected chi connectivity index (χ3v) is 7.85. The van der Waals surface area contributed by atoms with E-state index >= 15 is 0 Å². The molecule has 0 radical (unpaired) electrons. The summed E-state index contributed by atoms with van der Waals surface area (Å²) in [6.07, 6.45) is 8.73. The van der Waals surface area contributed by atoms with Crippen LogP contribution in [0.2, 0.25) is 0 Å². The molecule has 3 aliphatic rings. The highest BCUT2D eigenvalue weighted by Gasteiger charge is 2.41. The molecule has 1 amide bonds. The maximum atomic E-state index is 13.2. The largest absolute Gasteiger partial charge is 0.338 e. The van der Waals surface area contributed by atoms with Crippen LogP contribution in [0.1, 0.15) is 79.5 Å². The number of carbonyl (C=O) groups excluding carboxylic acids is 1. The van der Waals surface area contributed by atoms with Gasteiger partial charge in [-0.25, -0.2) is 4.68 Å². The van der Waals surface area contributed by atoms with E-state index in [1.54, 1.807) is 4.57 Å². The van der Waals surface area contributed by atoms with E-state index in [2.05, 4.69) is 6.92 Å². The van der Waals surface area contributed by atoms with Gasteiger partial charge in [-0.2, -0.15) is 5.10 Å². The number of hydrogen-bond acceptors (Lipinski definition) is 4. The van der Waals surface area contributed by atoms with Crippen molar-refractivity contribution >= 4 is 5.91 Å². The summed E-state index contributed by atoms with van der Waals surface area (Å²) in [5.74, 6) is 1.41. The number of carbonyl (C=O) groups is 1. The van der Waals surface area contributed by atoms with Gasteiger partial charge in [0, 0.05) is 37.7 Å². The fourth-order valence-corrected chi connectivity index (χ4v) is 5.96. The zero-order chi connectivity index (χ0) is 22.9.